The molecule has 0 heterocycles. The maximum Gasteiger partial charge on any atom is 0.303 e. The minimum Gasteiger partial charge on any atom is -0.481 e. The molecule has 21 heavy (non-hydrogen) atoms. The number of aliphatic hydroxyl groups excluding tert-OH is 1. The van der Waals surface area contributed by atoms with Gasteiger partial charge >= 0.3 is 5.97 Å². The van der Waals surface area contributed by atoms with Crippen molar-refractivity contribution in [2.45, 2.75) is 44.8 Å². The van der Waals surface area contributed by atoms with Gasteiger partial charge in [-0.3, -0.25) is 9.59 Å². The molecule has 0 aliphatic rings. The summed E-state index contributed by atoms with van der Waals surface area (Å²) in [5, 5.41) is 21.2. The van der Waals surface area contributed by atoms with E-state index in [-0.39, 0.29) is 19.3 Å². The van der Waals surface area contributed by atoms with Gasteiger partial charge in [0.2, 0.25) is 5.91 Å². The second-order valence-corrected chi connectivity index (χ2v) is 5.60. The van der Waals surface area contributed by atoms with Crippen molar-refractivity contribution in [2.24, 2.45) is 0 Å². The van der Waals surface area contributed by atoms with Crippen molar-refractivity contribution in [3.63, 3.8) is 0 Å². The van der Waals surface area contributed by atoms with Crippen LogP contribution in [0.25, 0.3) is 0 Å². The number of carbonyl (C=O) groups is 2. The average Bonchev–Trinajstić information content (AvgIpc) is 2.35. The van der Waals surface area contributed by atoms with E-state index >= 15 is 0 Å². The average molecular weight is 297 g/mol. The summed E-state index contributed by atoms with van der Waals surface area (Å²) in [6.07, 6.45) is -1.08. The smallest absolute Gasteiger partial charge is 0.303 e. The molecular formula is C15H20FNO4. The first-order chi connectivity index (χ1) is 9.69. The third-order valence-electron chi connectivity index (χ3n) is 3.05. The van der Waals surface area contributed by atoms with Gasteiger partial charge in [0.15, 0.2) is 0 Å². The van der Waals surface area contributed by atoms with Crippen molar-refractivity contribution in [3.8, 4) is 0 Å². The van der Waals surface area contributed by atoms with Gasteiger partial charge in [0, 0.05) is 12.0 Å². The number of carboxylic acid groups (broad SMARTS) is 1. The number of nitrogens with one attached hydrogen (secondary N) is 1. The van der Waals surface area contributed by atoms with Crippen molar-refractivity contribution in [1.82, 2.24) is 5.32 Å². The fourth-order valence-electron chi connectivity index (χ4n) is 1.92. The lowest BCUT2D eigenvalue weighted by molar-refractivity contribution is -0.138. The first-order valence-electron chi connectivity index (χ1n) is 6.66. The fraction of sp³-hybridized carbons (Fsp3) is 0.467. The largest absolute Gasteiger partial charge is 0.481 e. The van der Waals surface area contributed by atoms with E-state index in [0.29, 0.717) is 5.56 Å². The van der Waals surface area contributed by atoms with E-state index in [1.807, 2.05) is 0 Å². The zero-order chi connectivity index (χ0) is 16.0. The molecule has 0 aliphatic heterocycles. The van der Waals surface area contributed by atoms with Gasteiger partial charge in [0.1, 0.15) is 5.82 Å². The van der Waals surface area contributed by atoms with Gasteiger partial charge < -0.3 is 15.5 Å². The van der Waals surface area contributed by atoms with E-state index in [9.17, 15) is 19.1 Å². The molecule has 1 atom stereocenters. The van der Waals surface area contributed by atoms with Crippen LogP contribution in [0.2, 0.25) is 0 Å². The summed E-state index contributed by atoms with van der Waals surface area (Å²) in [6, 6.07) is 5.43. The lowest BCUT2D eigenvalue weighted by atomic mass is 9.97. The topological polar surface area (TPSA) is 86.6 Å². The summed E-state index contributed by atoms with van der Waals surface area (Å²) in [5.41, 5.74) is -0.356. The molecule has 0 saturated heterocycles. The van der Waals surface area contributed by atoms with Crippen LogP contribution in [0.3, 0.4) is 0 Å². The van der Waals surface area contributed by atoms with E-state index in [4.69, 9.17) is 5.11 Å². The Balaban J connectivity index is 2.54. The summed E-state index contributed by atoms with van der Waals surface area (Å²) in [7, 11) is 0. The highest BCUT2D eigenvalue weighted by atomic mass is 19.1. The molecule has 1 aromatic carbocycles. The number of benzene rings is 1. The Kier molecular flexibility index (Phi) is 5.84. The zero-order valence-corrected chi connectivity index (χ0v) is 12.1. The number of hydrogen-bond donors (Lipinski definition) is 3. The standard InChI is InChI=1S/C15H20FNO4/c1-15(2,7-6-14(20)21)17-13(19)9-12(18)10-4-3-5-11(16)8-10/h3-5,8,12,18H,6-7,9H2,1-2H3,(H,17,19)(H,20,21). The number of hydrogen-bond acceptors (Lipinski definition) is 3. The number of amides is 1. The Bertz CT molecular complexity index is 516. The van der Waals surface area contributed by atoms with E-state index < -0.39 is 29.3 Å². The third kappa shape index (κ3) is 6.35. The van der Waals surface area contributed by atoms with Gasteiger partial charge in [-0.15, -0.1) is 0 Å². The molecule has 0 saturated carbocycles. The predicted octanol–water partition coefficient (Wildman–Crippen LogP) is 2.01. The van der Waals surface area contributed by atoms with Crippen molar-refractivity contribution in [3.05, 3.63) is 35.6 Å². The highest BCUT2D eigenvalue weighted by Crippen LogP contribution is 2.19. The molecule has 1 amide bonds. The Morgan fingerprint density at radius 1 is 1.38 bits per heavy atom. The zero-order valence-electron chi connectivity index (χ0n) is 12.1. The molecule has 1 aromatic rings. The highest BCUT2D eigenvalue weighted by Gasteiger charge is 2.23. The van der Waals surface area contributed by atoms with E-state index in [0.717, 1.165) is 0 Å². The first-order valence-corrected chi connectivity index (χ1v) is 6.66. The molecule has 5 nitrogen and oxygen atoms in total. The summed E-state index contributed by atoms with van der Waals surface area (Å²) in [5.74, 6) is -1.83. The normalized spacial score (nSPS) is 12.8. The van der Waals surface area contributed by atoms with Gasteiger partial charge in [-0.1, -0.05) is 12.1 Å². The van der Waals surface area contributed by atoms with Crippen molar-refractivity contribution < 1.29 is 24.2 Å². The lowest BCUT2D eigenvalue weighted by Crippen LogP contribution is -2.44. The van der Waals surface area contributed by atoms with Crippen molar-refractivity contribution >= 4 is 11.9 Å². The number of halogens is 1. The molecule has 0 aromatic heterocycles. The second-order valence-electron chi connectivity index (χ2n) is 5.60. The summed E-state index contributed by atoms with van der Waals surface area (Å²) >= 11 is 0. The Hall–Kier alpha value is -1.95. The third-order valence-corrected chi connectivity index (χ3v) is 3.05. The molecule has 0 spiro atoms. The van der Waals surface area contributed by atoms with Crippen LogP contribution in [0.1, 0.15) is 44.8 Å². The SMILES string of the molecule is CC(C)(CCC(=O)O)NC(=O)CC(O)c1cccc(F)c1. The first kappa shape index (κ1) is 17.1. The lowest BCUT2D eigenvalue weighted by Gasteiger charge is -2.26. The maximum atomic E-state index is 13.0. The van der Waals surface area contributed by atoms with Gasteiger partial charge in [-0.05, 0) is 38.0 Å². The molecular weight excluding hydrogens is 277 g/mol. The number of carbonyl (C=O) groups excluding carboxylic acids is 1. The number of aliphatic carboxylic acids is 1. The minimum absolute atomic E-state index is 0.0558. The molecule has 116 valence electrons. The molecule has 0 radical (unpaired) electrons. The van der Waals surface area contributed by atoms with Crippen LogP contribution in [0, 0.1) is 5.82 Å². The molecule has 3 N–H and O–H groups in total. The molecule has 0 aliphatic carbocycles. The second kappa shape index (κ2) is 7.17. The van der Waals surface area contributed by atoms with Gasteiger partial charge in [0.05, 0.1) is 12.5 Å². The van der Waals surface area contributed by atoms with E-state index in [1.165, 1.54) is 24.3 Å². The van der Waals surface area contributed by atoms with Gasteiger partial charge in [0.25, 0.3) is 0 Å². The summed E-state index contributed by atoms with van der Waals surface area (Å²) in [6.45, 7) is 3.42. The highest BCUT2D eigenvalue weighted by molar-refractivity contribution is 5.77. The van der Waals surface area contributed by atoms with Crippen molar-refractivity contribution in [2.75, 3.05) is 0 Å². The summed E-state index contributed by atoms with van der Waals surface area (Å²) in [4.78, 5) is 22.4. The minimum atomic E-state index is -1.10. The molecule has 1 unspecified atom stereocenters. The van der Waals surface area contributed by atoms with Crippen LogP contribution in [0.15, 0.2) is 24.3 Å². The Morgan fingerprint density at radius 2 is 2.05 bits per heavy atom. The molecule has 0 bridgehead atoms. The maximum absolute atomic E-state index is 13.0. The van der Waals surface area contributed by atoms with E-state index in [1.54, 1.807) is 13.8 Å². The molecule has 1 rings (SSSR count). The molecule has 0 fully saturated rings. The van der Waals surface area contributed by atoms with Crippen LogP contribution >= 0.6 is 0 Å². The van der Waals surface area contributed by atoms with Crippen molar-refractivity contribution in [1.29, 1.82) is 0 Å². The number of carboxylic acids is 1. The van der Waals surface area contributed by atoms with Crippen LogP contribution in [-0.4, -0.2) is 27.6 Å². The molecule has 6 heteroatoms. The van der Waals surface area contributed by atoms with Gasteiger partial charge in [-0.2, -0.15) is 0 Å². The summed E-state index contributed by atoms with van der Waals surface area (Å²) < 4.78 is 13.0. The number of rotatable bonds is 7. The fourth-order valence-corrected chi connectivity index (χ4v) is 1.92. The predicted molar refractivity (Wildman–Crippen MR) is 75.1 cm³/mol. The Labute approximate surface area is 122 Å². The van der Waals surface area contributed by atoms with Crippen LogP contribution in [0.4, 0.5) is 4.39 Å². The van der Waals surface area contributed by atoms with Crippen LogP contribution in [-0.2, 0) is 9.59 Å². The Morgan fingerprint density at radius 3 is 2.62 bits per heavy atom. The van der Waals surface area contributed by atoms with Crippen LogP contribution < -0.4 is 5.32 Å². The number of aliphatic hydroxyl groups is 1. The monoisotopic (exact) mass is 297 g/mol. The van der Waals surface area contributed by atoms with E-state index in [2.05, 4.69) is 5.32 Å². The van der Waals surface area contributed by atoms with Gasteiger partial charge in [-0.25, -0.2) is 4.39 Å². The quantitative estimate of drug-likeness (QED) is 0.718. The van der Waals surface area contributed by atoms with Crippen LogP contribution in [0.5, 0.6) is 0 Å².